The molecule has 2 aromatic carbocycles. The summed E-state index contributed by atoms with van der Waals surface area (Å²) in [5.41, 5.74) is 4.04. The molecular formula is C27H27F2N5O3. The molecule has 1 aliphatic heterocycles. The maximum Gasteiger partial charge on any atom is 0.257 e. The van der Waals surface area contributed by atoms with Crippen molar-refractivity contribution in [2.24, 2.45) is 11.3 Å². The molecule has 2 unspecified atom stereocenters. The number of ether oxygens (including phenoxy) is 2. The molecule has 6 rings (SSSR count). The van der Waals surface area contributed by atoms with Gasteiger partial charge in [-0.1, -0.05) is 37.3 Å². The van der Waals surface area contributed by atoms with Crippen LogP contribution in [-0.4, -0.2) is 52.9 Å². The van der Waals surface area contributed by atoms with Crippen LogP contribution >= 0.6 is 0 Å². The number of carbonyl (C=O) groups excluding carboxylic acids is 1. The topological polar surface area (TPSA) is 91.2 Å². The van der Waals surface area contributed by atoms with E-state index in [1.807, 2.05) is 30.3 Å². The second kappa shape index (κ2) is 10.2. The van der Waals surface area contributed by atoms with Crippen molar-refractivity contribution in [3.63, 3.8) is 0 Å². The monoisotopic (exact) mass is 507 g/mol. The van der Waals surface area contributed by atoms with Gasteiger partial charge in [-0.2, -0.15) is 5.10 Å². The van der Waals surface area contributed by atoms with E-state index in [0.29, 0.717) is 51.1 Å². The lowest BCUT2D eigenvalue weighted by Crippen LogP contribution is -2.06. The van der Waals surface area contributed by atoms with Crippen LogP contribution in [0, 0.1) is 11.3 Å². The van der Waals surface area contributed by atoms with Gasteiger partial charge in [0.1, 0.15) is 24.3 Å². The highest BCUT2D eigenvalue weighted by Crippen LogP contribution is 2.56. The second-order valence-corrected chi connectivity index (χ2v) is 9.49. The minimum atomic E-state index is -2.55. The quantitative estimate of drug-likeness (QED) is 0.352. The minimum Gasteiger partial charge on any atom is -0.494 e. The molecule has 1 N–H and O–H groups in total. The van der Waals surface area contributed by atoms with Gasteiger partial charge in [0.25, 0.3) is 6.43 Å². The van der Waals surface area contributed by atoms with Crippen molar-refractivity contribution in [1.29, 1.82) is 0 Å². The van der Waals surface area contributed by atoms with E-state index >= 15 is 0 Å². The van der Waals surface area contributed by atoms with Crippen molar-refractivity contribution in [3.8, 4) is 28.3 Å². The number of methoxy groups -OCH3 is 1. The molecule has 2 atom stereocenters. The van der Waals surface area contributed by atoms with Gasteiger partial charge in [-0.25, -0.2) is 18.7 Å². The van der Waals surface area contributed by atoms with Crippen LogP contribution in [0.1, 0.15) is 13.3 Å². The van der Waals surface area contributed by atoms with E-state index in [0.717, 1.165) is 24.7 Å². The van der Waals surface area contributed by atoms with Gasteiger partial charge in [-0.15, -0.1) is 0 Å². The first kappa shape index (κ1) is 24.8. The van der Waals surface area contributed by atoms with Crippen LogP contribution in [0.4, 0.5) is 14.5 Å². The number of aromatic nitrogens is 4. The zero-order valence-corrected chi connectivity index (χ0v) is 20.5. The molecule has 8 nitrogen and oxygen atoms in total. The zero-order valence-electron chi connectivity index (χ0n) is 20.5. The maximum atomic E-state index is 13.0. The summed E-state index contributed by atoms with van der Waals surface area (Å²) in [4.78, 5) is 19.7. The molecule has 1 aliphatic carbocycles. The van der Waals surface area contributed by atoms with E-state index < -0.39 is 13.0 Å². The maximum absolute atomic E-state index is 13.0. The van der Waals surface area contributed by atoms with Crippen molar-refractivity contribution >= 4 is 23.0 Å². The highest BCUT2D eigenvalue weighted by atomic mass is 19.3. The number of rotatable bonds is 7. The molecule has 0 radical (unpaired) electrons. The largest absolute Gasteiger partial charge is 0.494 e. The van der Waals surface area contributed by atoms with Gasteiger partial charge >= 0.3 is 0 Å². The summed E-state index contributed by atoms with van der Waals surface area (Å²) >= 11 is 0. The van der Waals surface area contributed by atoms with E-state index in [9.17, 15) is 13.6 Å². The Morgan fingerprint density at radius 3 is 2.65 bits per heavy atom. The van der Waals surface area contributed by atoms with Gasteiger partial charge in [0, 0.05) is 28.8 Å². The molecule has 1 amide bonds. The fraction of sp³-hybridized carbons (Fsp3) is 0.333. The zero-order chi connectivity index (χ0) is 26.0. The third-order valence-corrected chi connectivity index (χ3v) is 6.85. The number of halogens is 2. The SMILES string of the molecule is CC12COCC1C2.COc1cc2ncnc(-c3cn(CC(F)F)nc3-c3ccccc3)c2cc1NC=O. The number of hydrogen-bond donors (Lipinski definition) is 1. The summed E-state index contributed by atoms with van der Waals surface area (Å²) in [6, 6.07) is 12.6. The van der Waals surface area contributed by atoms with Crippen LogP contribution in [0.25, 0.3) is 33.4 Å². The Hall–Kier alpha value is -3.92. The Morgan fingerprint density at radius 1 is 1.24 bits per heavy atom. The highest BCUT2D eigenvalue weighted by molar-refractivity contribution is 5.99. The lowest BCUT2D eigenvalue weighted by atomic mass is 10.0. The number of anilines is 1. The summed E-state index contributed by atoms with van der Waals surface area (Å²) in [6.45, 7) is 3.84. The minimum absolute atomic E-state index is 0.441. The predicted molar refractivity (Wildman–Crippen MR) is 135 cm³/mol. The molecule has 4 aromatic rings. The molecule has 3 heterocycles. The highest BCUT2D eigenvalue weighted by Gasteiger charge is 2.54. The van der Waals surface area contributed by atoms with E-state index in [1.54, 1.807) is 18.3 Å². The summed E-state index contributed by atoms with van der Waals surface area (Å²) in [5.74, 6) is 1.38. The number of nitrogens with zero attached hydrogens (tertiary/aromatic N) is 4. The van der Waals surface area contributed by atoms with Crippen LogP contribution in [0.15, 0.2) is 55.0 Å². The van der Waals surface area contributed by atoms with Crippen molar-refractivity contribution in [2.45, 2.75) is 26.3 Å². The molecule has 0 spiro atoms. The van der Waals surface area contributed by atoms with Gasteiger partial charge < -0.3 is 14.8 Å². The van der Waals surface area contributed by atoms with Crippen LogP contribution in [-0.2, 0) is 16.1 Å². The lowest BCUT2D eigenvalue weighted by molar-refractivity contribution is -0.105. The van der Waals surface area contributed by atoms with Crippen LogP contribution < -0.4 is 10.1 Å². The van der Waals surface area contributed by atoms with E-state index in [1.165, 1.54) is 24.5 Å². The number of hydrogen-bond acceptors (Lipinski definition) is 6. The normalized spacial score (nSPS) is 19.8. The molecular weight excluding hydrogens is 480 g/mol. The number of alkyl halides is 2. The van der Waals surface area contributed by atoms with Gasteiger partial charge in [0.15, 0.2) is 0 Å². The Morgan fingerprint density at radius 2 is 2.05 bits per heavy atom. The number of carbonyl (C=O) groups is 1. The van der Waals surface area contributed by atoms with Crippen LogP contribution in [0.5, 0.6) is 5.75 Å². The molecule has 2 aliphatic rings. The average molecular weight is 508 g/mol. The van der Waals surface area contributed by atoms with E-state index in [-0.39, 0.29) is 0 Å². The molecule has 2 aromatic heterocycles. The summed E-state index contributed by atoms with van der Waals surface area (Å²) in [6.07, 6.45) is 2.36. The summed E-state index contributed by atoms with van der Waals surface area (Å²) in [5, 5.41) is 7.59. The van der Waals surface area contributed by atoms with Gasteiger partial charge in [0.2, 0.25) is 6.41 Å². The molecule has 37 heavy (non-hydrogen) atoms. The van der Waals surface area contributed by atoms with Crippen molar-refractivity contribution in [1.82, 2.24) is 19.7 Å². The van der Waals surface area contributed by atoms with Gasteiger partial charge in [-0.05, 0) is 23.8 Å². The van der Waals surface area contributed by atoms with Gasteiger partial charge in [0.05, 0.1) is 37.2 Å². The Bertz CT molecular complexity index is 1410. The Kier molecular flexibility index (Phi) is 6.84. The van der Waals surface area contributed by atoms with E-state index in [4.69, 9.17) is 9.47 Å². The van der Waals surface area contributed by atoms with Crippen LogP contribution in [0.2, 0.25) is 0 Å². The fourth-order valence-corrected chi connectivity index (χ4v) is 4.66. The molecule has 0 bridgehead atoms. The molecule has 1 saturated heterocycles. The first-order valence-corrected chi connectivity index (χ1v) is 11.9. The third-order valence-electron chi connectivity index (χ3n) is 6.85. The average Bonchev–Trinajstić information content (AvgIpc) is 3.19. The standard InChI is InChI=1S/C21H17F2N5O2.C6H10O/c1-30-18-8-16-14(7-17(18)26-12-29)21(25-11-24-16)15-9-28(10-19(22)23)27-20(15)13-5-3-2-4-6-13;1-6-2-5(6)3-7-4-6/h2-9,11-12,19H,10H2,1H3,(H,26,29);5H,2-4H2,1H3. The number of fused-ring (bicyclic) bond motifs is 2. The number of amides is 1. The predicted octanol–water partition coefficient (Wildman–Crippen LogP) is 5.05. The molecule has 2 fully saturated rings. The fourth-order valence-electron chi connectivity index (χ4n) is 4.66. The van der Waals surface area contributed by atoms with Crippen LogP contribution in [0.3, 0.4) is 0 Å². The van der Waals surface area contributed by atoms with Crippen molar-refractivity contribution in [2.75, 3.05) is 25.6 Å². The van der Waals surface area contributed by atoms with Crippen molar-refractivity contribution in [3.05, 3.63) is 55.0 Å². The molecule has 1 saturated carbocycles. The molecule has 192 valence electrons. The number of nitrogens with one attached hydrogen (secondary N) is 1. The second-order valence-electron chi connectivity index (χ2n) is 9.49. The molecule has 10 heteroatoms. The first-order valence-electron chi connectivity index (χ1n) is 11.9. The van der Waals surface area contributed by atoms with Crippen molar-refractivity contribution < 1.29 is 23.0 Å². The third kappa shape index (κ3) is 5.15. The Balaban J connectivity index is 0.000000340. The first-order chi connectivity index (χ1) is 17.9. The van der Waals surface area contributed by atoms with E-state index in [2.05, 4.69) is 27.3 Å². The summed E-state index contributed by atoms with van der Waals surface area (Å²) < 4.78 is 37.7. The summed E-state index contributed by atoms with van der Waals surface area (Å²) in [7, 11) is 1.49. The lowest BCUT2D eigenvalue weighted by Gasteiger charge is -2.11. The smallest absolute Gasteiger partial charge is 0.257 e. The Labute approximate surface area is 212 Å². The number of benzene rings is 2. The van der Waals surface area contributed by atoms with Gasteiger partial charge in [-0.3, -0.25) is 9.48 Å².